The van der Waals surface area contributed by atoms with Crippen molar-refractivity contribution >= 4 is 11.9 Å². The Morgan fingerprint density at radius 1 is 1.08 bits per heavy atom. The molecule has 0 amide bonds. The van der Waals surface area contributed by atoms with E-state index in [0.29, 0.717) is 6.42 Å². The average molecular weight is 345 g/mol. The van der Waals surface area contributed by atoms with Crippen molar-refractivity contribution in [1.82, 2.24) is 0 Å². The lowest BCUT2D eigenvalue weighted by Gasteiger charge is -2.52. The fourth-order valence-corrected chi connectivity index (χ4v) is 4.48. The zero-order valence-corrected chi connectivity index (χ0v) is 14.8. The molecule has 0 spiro atoms. The fourth-order valence-electron chi connectivity index (χ4n) is 4.48. The van der Waals surface area contributed by atoms with Gasteiger partial charge in [-0.05, 0) is 55.9 Å². The molecule has 3 saturated carbocycles. The molecular formula is C20H27NO4. The van der Waals surface area contributed by atoms with Crippen LogP contribution < -0.4 is 5.73 Å². The molecule has 4 rings (SSSR count). The second kappa shape index (κ2) is 7.16. The van der Waals surface area contributed by atoms with Crippen LogP contribution in [0.3, 0.4) is 0 Å². The summed E-state index contributed by atoms with van der Waals surface area (Å²) in [6.07, 6.45) is 5.95. The van der Waals surface area contributed by atoms with Crippen LogP contribution in [-0.2, 0) is 25.7 Å². The summed E-state index contributed by atoms with van der Waals surface area (Å²) in [6.45, 7) is 0.256. The van der Waals surface area contributed by atoms with Gasteiger partial charge in [0.2, 0.25) is 0 Å². The molecule has 1 aromatic rings. The maximum Gasteiger partial charge on any atom is 0.323 e. The van der Waals surface area contributed by atoms with Crippen molar-refractivity contribution in [2.24, 2.45) is 16.6 Å². The Balaban J connectivity index is 1.52. The van der Waals surface area contributed by atoms with Gasteiger partial charge in [0.05, 0.1) is 12.5 Å². The summed E-state index contributed by atoms with van der Waals surface area (Å²) in [5, 5.41) is 0. The second-order valence-electron chi connectivity index (χ2n) is 7.68. The van der Waals surface area contributed by atoms with Crippen molar-refractivity contribution in [1.29, 1.82) is 0 Å². The topological polar surface area (TPSA) is 78.6 Å². The summed E-state index contributed by atoms with van der Waals surface area (Å²) in [4.78, 5) is 24.3. The van der Waals surface area contributed by atoms with Crippen molar-refractivity contribution in [2.75, 3.05) is 7.11 Å². The Morgan fingerprint density at radius 3 is 2.24 bits per heavy atom. The number of carbonyl (C=O) groups excluding carboxylic acids is 2. The molecule has 25 heavy (non-hydrogen) atoms. The minimum absolute atomic E-state index is 0.0704. The molecule has 1 atom stereocenters. The van der Waals surface area contributed by atoms with Crippen LogP contribution in [-0.4, -0.2) is 25.1 Å². The quantitative estimate of drug-likeness (QED) is 0.802. The van der Waals surface area contributed by atoms with Crippen LogP contribution in [0.5, 0.6) is 0 Å². The predicted octanol–water partition coefficient (Wildman–Crippen LogP) is 2.96. The van der Waals surface area contributed by atoms with Gasteiger partial charge in [-0.15, -0.1) is 0 Å². The lowest BCUT2D eigenvalue weighted by atomic mass is 9.52. The van der Waals surface area contributed by atoms with E-state index in [1.165, 1.54) is 7.11 Å². The van der Waals surface area contributed by atoms with Crippen molar-refractivity contribution in [3.8, 4) is 0 Å². The van der Waals surface area contributed by atoms with Crippen LogP contribution in [0.4, 0.5) is 0 Å². The van der Waals surface area contributed by atoms with Gasteiger partial charge in [0.1, 0.15) is 12.6 Å². The number of esters is 2. The van der Waals surface area contributed by atoms with Gasteiger partial charge in [-0.3, -0.25) is 9.59 Å². The first-order valence-corrected chi connectivity index (χ1v) is 9.03. The van der Waals surface area contributed by atoms with Crippen LogP contribution in [0.1, 0.15) is 50.5 Å². The lowest BCUT2D eigenvalue weighted by Crippen LogP contribution is -2.49. The smallest absolute Gasteiger partial charge is 0.323 e. The van der Waals surface area contributed by atoms with Crippen molar-refractivity contribution in [3.63, 3.8) is 0 Å². The standard InChI is InChI=1S/C20H27NO4/c1-24-18(23)20-10-7-19(8-11-20,9-12-20)13-16(21)17(22)25-14-15-5-3-2-4-6-15/h2-6,16H,7-14,21H2,1H3. The van der Waals surface area contributed by atoms with Crippen molar-refractivity contribution < 1.29 is 19.1 Å². The van der Waals surface area contributed by atoms with E-state index in [4.69, 9.17) is 15.2 Å². The fraction of sp³-hybridized carbons (Fsp3) is 0.600. The normalized spacial score (nSPS) is 29.0. The van der Waals surface area contributed by atoms with Crippen LogP contribution in [0.2, 0.25) is 0 Å². The SMILES string of the molecule is COC(=O)C12CCC(CC(N)C(=O)OCc3ccccc3)(CC1)CC2. The highest BCUT2D eigenvalue weighted by Gasteiger charge is 2.53. The molecule has 0 aliphatic heterocycles. The van der Waals surface area contributed by atoms with Gasteiger partial charge < -0.3 is 15.2 Å². The number of benzene rings is 1. The number of carbonyl (C=O) groups is 2. The van der Waals surface area contributed by atoms with E-state index in [-0.39, 0.29) is 29.4 Å². The first kappa shape index (κ1) is 17.9. The average Bonchev–Trinajstić information content (AvgIpc) is 2.67. The summed E-state index contributed by atoms with van der Waals surface area (Å²) >= 11 is 0. The minimum Gasteiger partial charge on any atom is -0.469 e. The molecule has 0 aromatic heterocycles. The van der Waals surface area contributed by atoms with Gasteiger partial charge in [0, 0.05) is 0 Å². The van der Waals surface area contributed by atoms with E-state index in [9.17, 15) is 9.59 Å². The first-order chi connectivity index (χ1) is 12.0. The Bertz CT molecular complexity index is 603. The van der Waals surface area contributed by atoms with E-state index in [0.717, 1.165) is 44.1 Å². The molecule has 5 nitrogen and oxygen atoms in total. The van der Waals surface area contributed by atoms with Gasteiger partial charge in [0.25, 0.3) is 0 Å². The number of nitrogens with two attached hydrogens (primary N) is 1. The lowest BCUT2D eigenvalue weighted by molar-refractivity contribution is -0.164. The number of rotatable bonds is 6. The maximum absolute atomic E-state index is 12.3. The van der Waals surface area contributed by atoms with Gasteiger partial charge in [-0.25, -0.2) is 0 Å². The summed E-state index contributed by atoms with van der Waals surface area (Å²) in [6, 6.07) is 9.00. The number of fused-ring (bicyclic) bond motifs is 3. The first-order valence-electron chi connectivity index (χ1n) is 9.03. The van der Waals surface area contributed by atoms with E-state index in [2.05, 4.69) is 0 Å². The number of hydrogen-bond acceptors (Lipinski definition) is 5. The van der Waals surface area contributed by atoms with E-state index in [1.54, 1.807) is 0 Å². The van der Waals surface area contributed by atoms with Crippen LogP contribution in [0.15, 0.2) is 30.3 Å². The molecule has 2 bridgehead atoms. The summed E-state index contributed by atoms with van der Waals surface area (Å²) in [7, 11) is 1.46. The molecule has 0 radical (unpaired) electrons. The molecule has 0 saturated heterocycles. The highest BCUT2D eigenvalue weighted by Crippen LogP contribution is 2.58. The van der Waals surface area contributed by atoms with Gasteiger partial charge in [0.15, 0.2) is 0 Å². The Hall–Kier alpha value is -1.88. The van der Waals surface area contributed by atoms with E-state index < -0.39 is 6.04 Å². The van der Waals surface area contributed by atoms with Gasteiger partial charge in [-0.2, -0.15) is 0 Å². The molecule has 5 heteroatoms. The molecule has 1 aromatic carbocycles. The minimum atomic E-state index is -0.604. The molecule has 3 aliphatic carbocycles. The largest absolute Gasteiger partial charge is 0.469 e. The number of methoxy groups -OCH3 is 1. The molecule has 1 unspecified atom stereocenters. The van der Waals surface area contributed by atoms with Crippen molar-refractivity contribution in [3.05, 3.63) is 35.9 Å². The molecule has 3 fully saturated rings. The van der Waals surface area contributed by atoms with Crippen LogP contribution in [0.25, 0.3) is 0 Å². The summed E-state index contributed by atoms with van der Waals surface area (Å²) < 4.78 is 10.4. The summed E-state index contributed by atoms with van der Waals surface area (Å²) in [5.74, 6) is -0.416. The molecular weight excluding hydrogens is 318 g/mol. The predicted molar refractivity (Wildman–Crippen MR) is 93.4 cm³/mol. The zero-order chi connectivity index (χ0) is 17.9. The van der Waals surface area contributed by atoms with Crippen LogP contribution >= 0.6 is 0 Å². The third-order valence-electron chi connectivity index (χ3n) is 6.20. The van der Waals surface area contributed by atoms with Crippen molar-refractivity contribution in [2.45, 2.75) is 57.6 Å². The third kappa shape index (κ3) is 3.71. The molecule has 3 aliphatic rings. The summed E-state index contributed by atoms with van der Waals surface area (Å²) in [5.41, 5.74) is 6.87. The second-order valence-corrected chi connectivity index (χ2v) is 7.68. The zero-order valence-electron chi connectivity index (χ0n) is 14.8. The monoisotopic (exact) mass is 345 g/mol. The number of hydrogen-bond donors (Lipinski definition) is 1. The highest BCUT2D eigenvalue weighted by molar-refractivity contribution is 5.77. The Labute approximate surface area is 148 Å². The molecule has 0 heterocycles. The molecule has 2 N–H and O–H groups in total. The highest BCUT2D eigenvalue weighted by atomic mass is 16.5. The molecule has 136 valence electrons. The maximum atomic E-state index is 12.3. The van der Waals surface area contributed by atoms with Crippen LogP contribution in [0, 0.1) is 10.8 Å². The van der Waals surface area contributed by atoms with E-state index in [1.807, 2.05) is 30.3 Å². The van der Waals surface area contributed by atoms with Gasteiger partial charge >= 0.3 is 11.9 Å². The number of ether oxygens (including phenoxy) is 2. The van der Waals surface area contributed by atoms with E-state index >= 15 is 0 Å². The Morgan fingerprint density at radius 2 is 1.68 bits per heavy atom. The van der Waals surface area contributed by atoms with Gasteiger partial charge in [-0.1, -0.05) is 30.3 Å². The third-order valence-corrected chi connectivity index (χ3v) is 6.20. The Kier molecular flexibility index (Phi) is 5.13.